The second-order valence-corrected chi connectivity index (χ2v) is 5.45. The second kappa shape index (κ2) is 6.82. The molecular weight excluding hydrogens is 248 g/mol. The number of ether oxygens (including phenoxy) is 1. The topological polar surface area (TPSA) is 34.2 Å². The van der Waals surface area contributed by atoms with Crippen LogP contribution in [0, 0.1) is 0 Å². The summed E-state index contributed by atoms with van der Waals surface area (Å²) in [4.78, 5) is 4.65. The Kier molecular flexibility index (Phi) is 4.61. The fraction of sp³-hybridized carbons (Fsp3) is 0.471. The van der Waals surface area contributed by atoms with E-state index >= 15 is 0 Å². The highest BCUT2D eigenvalue weighted by atomic mass is 16.5. The number of pyridine rings is 1. The quantitative estimate of drug-likeness (QED) is 0.818. The summed E-state index contributed by atoms with van der Waals surface area (Å²) in [5, 5.41) is 4.60. The minimum absolute atomic E-state index is 0.510. The third-order valence-electron chi connectivity index (χ3n) is 3.90. The number of nitrogens with zero attached hydrogens (tertiary/aromatic N) is 1. The van der Waals surface area contributed by atoms with E-state index in [-0.39, 0.29) is 0 Å². The molecule has 3 nitrogen and oxygen atoms in total. The molecule has 1 aromatic heterocycles. The summed E-state index contributed by atoms with van der Waals surface area (Å²) in [6.07, 6.45) is 5.66. The molecule has 0 amide bonds. The average molecular weight is 270 g/mol. The van der Waals surface area contributed by atoms with E-state index in [1.54, 1.807) is 0 Å². The van der Waals surface area contributed by atoms with E-state index in [2.05, 4.69) is 34.6 Å². The number of para-hydroxylation sites is 1. The highest BCUT2D eigenvalue weighted by Crippen LogP contribution is 2.20. The lowest BCUT2D eigenvalue weighted by Crippen LogP contribution is -2.22. The minimum atomic E-state index is 0.510. The van der Waals surface area contributed by atoms with Crippen molar-refractivity contribution < 1.29 is 4.74 Å². The Balaban J connectivity index is 1.42. The van der Waals surface area contributed by atoms with Crippen molar-refractivity contribution >= 4 is 10.9 Å². The van der Waals surface area contributed by atoms with Crippen molar-refractivity contribution in [3.8, 4) is 0 Å². The van der Waals surface area contributed by atoms with Crippen LogP contribution in [0.4, 0.5) is 0 Å². The van der Waals surface area contributed by atoms with Gasteiger partial charge in [0.25, 0.3) is 0 Å². The van der Waals surface area contributed by atoms with Gasteiger partial charge in [0, 0.05) is 18.5 Å². The van der Waals surface area contributed by atoms with Gasteiger partial charge in [0.1, 0.15) is 0 Å². The van der Waals surface area contributed by atoms with Crippen molar-refractivity contribution in [2.75, 3.05) is 13.2 Å². The SMILES string of the molecule is c1ccc2nc(CNCCOC3CCCC3)ccc2c1. The maximum Gasteiger partial charge on any atom is 0.0705 e. The summed E-state index contributed by atoms with van der Waals surface area (Å²) in [5.41, 5.74) is 2.15. The van der Waals surface area contributed by atoms with Gasteiger partial charge in [-0.3, -0.25) is 4.98 Å². The second-order valence-electron chi connectivity index (χ2n) is 5.45. The zero-order valence-electron chi connectivity index (χ0n) is 11.8. The van der Waals surface area contributed by atoms with Crippen molar-refractivity contribution in [1.82, 2.24) is 10.3 Å². The van der Waals surface area contributed by atoms with Crippen molar-refractivity contribution in [3.63, 3.8) is 0 Å². The fourth-order valence-corrected chi connectivity index (χ4v) is 2.78. The van der Waals surface area contributed by atoms with Crippen molar-refractivity contribution in [2.24, 2.45) is 0 Å². The predicted molar refractivity (Wildman–Crippen MR) is 81.7 cm³/mol. The highest BCUT2D eigenvalue weighted by Gasteiger charge is 2.14. The van der Waals surface area contributed by atoms with Crippen LogP contribution in [0.5, 0.6) is 0 Å². The number of aromatic nitrogens is 1. The fourth-order valence-electron chi connectivity index (χ4n) is 2.78. The monoisotopic (exact) mass is 270 g/mol. The number of benzene rings is 1. The van der Waals surface area contributed by atoms with Crippen molar-refractivity contribution in [3.05, 3.63) is 42.1 Å². The largest absolute Gasteiger partial charge is 0.377 e. The molecule has 0 aliphatic heterocycles. The Hall–Kier alpha value is -1.45. The highest BCUT2D eigenvalue weighted by molar-refractivity contribution is 5.78. The molecule has 3 rings (SSSR count). The lowest BCUT2D eigenvalue weighted by molar-refractivity contribution is 0.0602. The third kappa shape index (κ3) is 3.56. The molecule has 106 valence electrons. The Morgan fingerprint density at radius 2 is 1.95 bits per heavy atom. The zero-order chi connectivity index (χ0) is 13.6. The summed E-state index contributed by atoms with van der Waals surface area (Å²) in [6, 6.07) is 12.4. The Morgan fingerprint density at radius 1 is 1.10 bits per heavy atom. The normalized spacial score (nSPS) is 16.0. The first-order chi connectivity index (χ1) is 9.92. The molecule has 0 radical (unpaired) electrons. The molecule has 1 aliphatic carbocycles. The van der Waals surface area contributed by atoms with Crippen molar-refractivity contribution in [1.29, 1.82) is 0 Å². The molecule has 1 heterocycles. The van der Waals surface area contributed by atoms with Crippen LogP contribution in [0.2, 0.25) is 0 Å². The van der Waals surface area contributed by atoms with Gasteiger partial charge in [-0.25, -0.2) is 0 Å². The maximum atomic E-state index is 5.83. The maximum absolute atomic E-state index is 5.83. The third-order valence-corrected chi connectivity index (χ3v) is 3.90. The molecule has 0 unspecified atom stereocenters. The van der Waals surface area contributed by atoms with Crippen LogP contribution in [-0.2, 0) is 11.3 Å². The van der Waals surface area contributed by atoms with Gasteiger partial charge >= 0.3 is 0 Å². The van der Waals surface area contributed by atoms with Crippen LogP contribution in [-0.4, -0.2) is 24.2 Å². The number of hydrogen-bond acceptors (Lipinski definition) is 3. The van der Waals surface area contributed by atoms with Crippen LogP contribution in [0.25, 0.3) is 10.9 Å². The van der Waals surface area contributed by atoms with Crippen LogP contribution < -0.4 is 5.32 Å². The smallest absolute Gasteiger partial charge is 0.0705 e. The predicted octanol–water partition coefficient (Wildman–Crippen LogP) is 3.28. The van der Waals surface area contributed by atoms with Crippen LogP contribution in [0.1, 0.15) is 31.4 Å². The summed E-state index contributed by atoms with van der Waals surface area (Å²) in [7, 11) is 0. The summed E-state index contributed by atoms with van der Waals surface area (Å²) < 4.78 is 5.83. The summed E-state index contributed by atoms with van der Waals surface area (Å²) >= 11 is 0. The molecule has 3 heteroatoms. The van der Waals surface area contributed by atoms with Gasteiger partial charge in [-0.15, -0.1) is 0 Å². The van der Waals surface area contributed by atoms with E-state index in [1.807, 2.05) is 12.1 Å². The van der Waals surface area contributed by atoms with E-state index < -0.39 is 0 Å². The summed E-state index contributed by atoms with van der Waals surface area (Å²) in [5.74, 6) is 0. The Labute approximate surface area is 120 Å². The molecule has 0 bridgehead atoms. The molecule has 1 aromatic carbocycles. The van der Waals surface area contributed by atoms with Crippen LogP contribution >= 0.6 is 0 Å². The molecule has 1 N–H and O–H groups in total. The van der Waals surface area contributed by atoms with Crippen molar-refractivity contribution in [2.45, 2.75) is 38.3 Å². The summed E-state index contributed by atoms with van der Waals surface area (Å²) in [6.45, 7) is 2.50. The van der Waals surface area contributed by atoms with Gasteiger partial charge in [-0.05, 0) is 25.0 Å². The van der Waals surface area contributed by atoms with E-state index in [4.69, 9.17) is 4.74 Å². The number of rotatable bonds is 6. The Bertz CT molecular complexity index is 549. The molecule has 1 fully saturated rings. The molecule has 20 heavy (non-hydrogen) atoms. The van der Waals surface area contributed by atoms with Gasteiger partial charge in [0.2, 0.25) is 0 Å². The van der Waals surface area contributed by atoms with Gasteiger partial charge in [-0.1, -0.05) is 37.1 Å². The van der Waals surface area contributed by atoms with Crippen LogP contribution in [0.15, 0.2) is 36.4 Å². The molecule has 0 atom stereocenters. The van der Waals surface area contributed by atoms with Gasteiger partial charge < -0.3 is 10.1 Å². The lowest BCUT2D eigenvalue weighted by atomic mass is 10.2. The first kappa shape index (κ1) is 13.5. The van der Waals surface area contributed by atoms with Gasteiger partial charge in [-0.2, -0.15) is 0 Å². The number of nitrogens with one attached hydrogen (secondary N) is 1. The van der Waals surface area contributed by atoms with E-state index in [9.17, 15) is 0 Å². The first-order valence-electron chi connectivity index (χ1n) is 7.59. The molecule has 0 spiro atoms. The molecular formula is C17H22N2O. The number of fused-ring (bicyclic) bond motifs is 1. The molecule has 0 saturated heterocycles. The minimum Gasteiger partial charge on any atom is -0.377 e. The lowest BCUT2D eigenvalue weighted by Gasteiger charge is -2.11. The Morgan fingerprint density at radius 3 is 2.85 bits per heavy atom. The molecule has 2 aromatic rings. The van der Waals surface area contributed by atoms with E-state index in [1.165, 1.54) is 31.1 Å². The average Bonchev–Trinajstić information content (AvgIpc) is 3.00. The van der Waals surface area contributed by atoms with Gasteiger partial charge in [0.05, 0.1) is 23.9 Å². The number of hydrogen-bond donors (Lipinski definition) is 1. The molecule has 1 saturated carbocycles. The zero-order valence-corrected chi connectivity index (χ0v) is 11.8. The van der Waals surface area contributed by atoms with Gasteiger partial charge in [0.15, 0.2) is 0 Å². The van der Waals surface area contributed by atoms with E-state index in [0.29, 0.717) is 6.10 Å². The standard InChI is InChI=1S/C17H22N2O/c1-4-8-17-14(5-1)9-10-15(19-17)13-18-11-12-20-16-6-2-3-7-16/h1,4-5,8-10,16,18H,2-3,6-7,11-13H2. The van der Waals surface area contributed by atoms with E-state index in [0.717, 1.165) is 30.9 Å². The first-order valence-corrected chi connectivity index (χ1v) is 7.59. The van der Waals surface area contributed by atoms with Crippen LogP contribution in [0.3, 0.4) is 0 Å². The molecule has 1 aliphatic rings.